The van der Waals surface area contributed by atoms with E-state index < -0.39 is 5.97 Å². The number of carbonyl (C=O) groups excluding carboxylic acids is 1. The van der Waals surface area contributed by atoms with Crippen molar-refractivity contribution < 1.29 is 14.7 Å². The number of carbonyl (C=O) groups is 2. The Balaban J connectivity index is 2.59. The molecule has 1 aliphatic rings. The molecule has 1 saturated heterocycles. The molecular formula is C14H26N2O3. The van der Waals surface area contributed by atoms with Crippen LogP contribution in [0.25, 0.3) is 0 Å². The predicted octanol–water partition coefficient (Wildman–Crippen LogP) is 1.43. The van der Waals surface area contributed by atoms with Crippen molar-refractivity contribution in [3.63, 3.8) is 0 Å². The van der Waals surface area contributed by atoms with E-state index in [9.17, 15) is 9.59 Å². The highest BCUT2D eigenvalue weighted by Gasteiger charge is 2.31. The summed E-state index contributed by atoms with van der Waals surface area (Å²) >= 11 is 0. The van der Waals surface area contributed by atoms with Crippen LogP contribution in [0.2, 0.25) is 0 Å². The maximum Gasteiger partial charge on any atom is 0.323 e. The Morgan fingerprint density at radius 3 is 2.11 bits per heavy atom. The Morgan fingerprint density at radius 1 is 1.21 bits per heavy atom. The van der Waals surface area contributed by atoms with Gasteiger partial charge in [-0.15, -0.1) is 0 Å². The first kappa shape index (κ1) is 16.0. The number of carboxylic acid groups (broad SMARTS) is 1. The van der Waals surface area contributed by atoms with Crippen LogP contribution in [0.3, 0.4) is 0 Å². The summed E-state index contributed by atoms with van der Waals surface area (Å²) in [5.74, 6) is -0.959. The number of likely N-dealkylation sites (tertiary alicyclic amines) is 1. The lowest BCUT2D eigenvalue weighted by Gasteiger charge is -2.36. The third-order valence-electron chi connectivity index (χ3n) is 3.82. The molecule has 0 aromatic heterocycles. The van der Waals surface area contributed by atoms with Crippen LogP contribution < -0.4 is 0 Å². The number of piperidine rings is 1. The summed E-state index contributed by atoms with van der Waals surface area (Å²) < 4.78 is 0. The maximum atomic E-state index is 12.4. The van der Waals surface area contributed by atoms with Crippen molar-refractivity contribution in [2.75, 3.05) is 19.6 Å². The van der Waals surface area contributed by atoms with Gasteiger partial charge in [0.2, 0.25) is 5.91 Å². The molecule has 0 bridgehead atoms. The van der Waals surface area contributed by atoms with E-state index in [1.54, 1.807) is 0 Å². The summed E-state index contributed by atoms with van der Waals surface area (Å²) in [4.78, 5) is 27.1. The topological polar surface area (TPSA) is 60.9 Å². The molecule has 5 heteroatoms. The summed E-state index contributed by atoms with van der Waals surface area (Å²) in [5, 5.41) is 8.89. The Kier molecular flexibility index (Phi) is 5.79. The fourth-order valence-electron chi connectivity index (χ4n) is 2.56. The van der Waals surface area contributed by atoms with E-state index in [-0.39, 0.29) is 24.4 Å². The van der Waals surface area contributed by atoms with E-state index in [4.69, 9.17) is 5.11 Å². The average molecular weight is 270 g/mol. The fraction of sp³-hybridized carbons (Fsp3) is 0.857. The molecule has 0 aliphatic carbocycles. The van der Waals surface area contributed by atoms with Crippen molar-refractivity contribution in [3.05, 3.63) is 0 Å². The van der Waals surface area contributed by atoms with Gasteiger partial charge < -0.3 is 14.9 Å². The number of nitrogens with zero attached hydrogens (tertiary/aromatic N) is 2. The largest absolute Gasteiger partial charge is 0.480 e. The number of aliphatic carboxylic acids is 1. The van der Waals surface area contributed by atoms with Crippen molar-refractivity contribution in [3.8, 4) is 0 Å². The van der Waals surface area contributed by atoms with Crippen LogP contribution in [-0.4, -0.2) is 58.5 Å². The first-order valence-electron chi connectivity index (χ1n) is 7.09. The Morgan fingerprint density at radius 2 is 1.74 bits per heavy atom. The van der Waals surface area contributed by atoms with Gasteiger partial charge in [0.15, 0.2) is 0 Å². The van der Waals surface area contributed by atoms with Crippen molar-refractivity contribution in [2.45, 2.75) is 52.6 Å². The highest BCUT2D eigenvalue weighted by Crippen LogP contribution is 2.22. The Labute approximate surface area is 115 Å². The highest BCUT2D eigenvalue weighted by molar-refractivity contribution is 5.83. The molecule has 1 heterocycles. The fourth-order valence-corrected chi connectivity index (χ4v) is 2.56. The van der Waals surface area contributed by atoms with E-state index >= 15 is 0 Å². The van der Waals surface area contributed by atoms with Gasteiger partial charge in [0, 0.05) is 18.0 Å². The minimum Gasteiger partial charge on any atom is -0.480 e. The molecule has 5 nitrogen and oxygen atoms in total. The number of hydrogen-bond acceptors (Lipinski definition) is 3. The van der Waals surface area contributed by atoms with Crippen LogP contribution in [0, 0.1) is 5.92 Å². The summed E-state index contributed by atoms with van der Waals surface area (Å²) in [6.45, 7) is 9.70. The molecule has 19 heavy (non-hydrogen) atoms. The second-order valence-electron chi connectivity index (χ2n) is 5.86. The second-order valence-corrected chi connectivity index (χ2v) is 5.86. The third kappa shape index (κ3) is 4.49. The van der Waals surface area contributed by atoms with Crippen LogP contribution in [-0.2, 0) is 9.59 Å². The summed E-state index contributed by atoms with van der Waals surface area (Å²) in [6.07, 6.45) is 1.67. The quantitative estimate of drug-likeness (QED) is 0.821. The SMILES string of the molecule is CC(C)N1CCC(C(=O)N(CC(=O)O)C(C)C)CC1. The molecule has 0 saturated carbocycles. The molecule has 1 fully saturated rings. The van der Waals surface area contributed by atoms with Gasteiger partial charge in [-0.2, -0.15) is 0 Å². The summed E-state index contributed by atoms with van der Waals surface area (Å²) in [7, 11) is 0. The Bertz CT molecular complexity index is 321. The van der Waals surface area contributed by atoms with Gasteiger partial charge in [0.1, 0.15) is 6.54 Å². The molecule has 110 valence electrons. The third-order valence-corrected chi connectivity index (χ3v) is 3.82. The lowest BCUT2D eigenvalue weighted by atomic mass is 9.94. The molecule has 0 radical (unpaired) electrons. The van der Waals surface area contributed by atoms with Crippen LogP contribution in [0.4, 0.5) is 0 Å². The predicted molar refractivity (Wildman–Crippen MR) is 73.9 cm³/mol. The first-order valence-corrected chi connectivity index (χ1v) is 7.09. The first-order chi connectivity index (χ1) is 8.82. The lowest BCUT2D eigenvalue weighted by molar-refractivity contribution is -0.148. The van der Waals surface area contributed by atoms with Crippen molar-refractivity contribution in [1.82, 2.24) is 9.80 Å². The number of carboxylic acids is 1. The van der Waals surface area contributed by atoms with Crippen LogP contribution >= 0.6 is 0 Å². The smallest absolute Gasteiger partial charge is 0.323 e. The monoisotopic (exact) mass is 270 g/mol. The molecule has 0 spiro atoms. The standard InChI is InChI=1S/C14H26N2O3/c1-10(2)15-7-5-12(6-8-15)14(19)16(11(3)4)9-13(17)18/h10-12H,5-9H2,1-4H3,(H,17,18). The highest BCUT2D eigenvalue weighted by atomic mass is 16.4. The van der Waals surface area contributed by atoms with Gasteiger partial charge in [0.25, 0.3) is 0 Å². The van der Waals surface area contributed by atoms with Gasteiger partial charge in [-0.05, 0) is 53.6 Å². The van der Waals surface area contributed by atoms with Gasteiger partial charge in [-0.25, -0.2) is 0 Å². The van der Waals surface area contributed by atoms with Gasteiger partial charge >= 0.3 is 5.97 Å². The molecule has 1 N–H and O–H groups in total. The normalized spacial score (nSPS) is 18.0. The molecule has 0 aromatic carbocycles. The van der Waals surface area contributed by atoms with Crippen LogP contribution in [0.1, 0.15) is 40.5 Å². The zero-order valence-corrected chi connectivity index (χ0v) is 12.4. The zero-order valence-electron chi connectivity index (χ0n) is 12.4. The van der Waals surface area contributed by atoms with Crippen molar-refractivity contribution in [1.29, 1.82) is 0 Å². The summed E-state index contributed by atoms with van der Waals surface area (Å²) in [6, 6.07) is 0.447. The van der Waals surface area contributed by atoms with E-state index in [2.05, 4.69) is 18.7 Å². The van der Waals surface area contributed by atoms with E-state index in [0.717, 1.165) is 25.9 Å². The van der Waals surface area contributed by atoms with Gasteiger partial charge in [-0.1, -0.05) is 0 Å². The second kappa shape index (κ2) is 6.89. The molecule has 1 amide bonds. The van der Waals surface area contributed by atoms with Crippen LogP contribution in [0.15, 0.2) is 0 Å². The minimum absolute atomic E-state index is 0.000746. The zero-order chi connectivity index (χ0) is 14.6. The van der Waals surface area contributed by atoms with Crippen molar-refractivity contribution >= 4 is 11.9 Å². The average Bonchev–Trinajstić information content (AvgIpc) is 2.34. The Hall–Kier alpha value is -1.10. The van der Waals surface area contributed by atoms with E-state index in [0.29, 0.717) is 6.04 Å². The van der Waals surface area contributed by atoms with E-state index in [1.807, 2.05) is 13.8 Å². The minimum atomic E-state index is -0.943. The van der Waals surface area contributed by atoms with Gasteiger partial charge in [-0.3, -0.25) is 9.59 Å². The van der Waals surface area contributed by atoms with E-state index in [1.165, 1.54) is 4.90 Å². The molecule has 0 unspecified atom stereocenters. The number of hydrogen-bond donors (Lipinski definition) is 1. The number of rotatable bonds is 5. The lowest BCUT2D eigenvalue weighted by Crippen LogP contribution is -2.48. The van der Waals surface area contributed by atoms with Gasteiger partial charge in [0.05, 0.1) is 0 Å². The molecule has 0 aromatic rings. The molecule has 1 rings (SSSR count). The summed E-state index contributed by atoms with van der Waals surface area (Å²) in [5.41, 5.74) is 0. The molecule has 1 aliphatic heterocycles. The molecule has 0 atom stereocenters. The van der Waals surface area contributed by atoms with Crippen LogP contribution in [0.5, 0.6) is 0 Å². The van der Waals surface area contributed by atoms with Crippen molar-refractivity contribution in [2.24, 2.45) is 5.92 Å². The molecular weight excluding hydrogens is 244 g/mol. The number of amides is 1. The maximum absolute atomic E-state index is 12.4.